The van der Waals surface area contributed by atoms with Crippen LogP contribution < -0.4 is 10.6 Å². The largest absolute Gasteiger partial charge is 0.353 e. The smallest absolute Gasteiger partial charge is 0.237 e. The third kappa shape index (κ3) is 7.03. The monoisotopic (exact) mass is 454 g/mol. The molecule has 1 unspecified atom stereocenters. The molecule has 1 aliphatic carbocycles. The molecule has 4 rings (SSSR count). The molecule has 2 saturated heterocycles. The molecule has 1 atom stereocenters. The highest BCUT2D eigenvalue weighted by atomic mass is 16.2. The van der Waals surface area contributed by atoms with Gasteiger partial charge in [0, 0.05) is 50.7 Å². The zero-order valence-electron chi connectivity index (χ0n) is 20.3. The molecule has 2 N–H and O–H groups in total. The van der Waals surface area contributed by atoms with Crippen molar-refractivity contribution in [2.75, 3.05) is 26.2 Å². The number of hydrogen-bond acceptors (Lipinski definition) is 4. The van der Waals surface area contributed by atoms with Crippen LogP contribution in [0.15, 0.2) is 30.3 Å². The minimum atomic E-state index is -0.109. The highest BCUT2D eigenvalue weighted by molar-refractivity contribution is 5.81. The van der Waals surface area contributed by atoms with Gasteiger partial charge in [0.2, 0.25) is 11.8 Å². The Morgan fingerprint density at radius 1 is 0.848 bits per heavy atom. The van der Waals surface area contributed by atoms with Crippen molar-refractivity contribution < 1.29 is 9.59 Å². The van der Waals surface area contributed by atoms with Gasteiger partial charge in [-0.1, -0.05) is 49.6 Å². The van der Waals surface area contributed by atoms with E-state index in [4.69, 9.17) is 0 Å². The second kappa shape index (κ2) is 12.0. The molecule has 1 saturated carbocycles. The Kier molecular flexibility index (Phi) is 8.79. The summed E-state index contributed by atoms with van der Waals surface area (Å²) in [4.78, 5) is 30.2. The number of nitrogens with one attached hydrogen (secondary N) is 2. The number of likely N-dealkylation sites (tertiary alicyclic amines) is 2. The van der Waals surface area contributed by atoms with Gasteiger partial charge in [0.05, 0.1) is 6.04 Å². The Hall–Kier alpha value is -1.92. The quantitative estimate of drug-likeness (QED) is 0.663. The number of hydrogen-bond donors (Lipinski definition) is 2. The number of carbonyl (C=O) groups excluding carboxylic acids is 2. The lowest BCUT2D eigenvalue weighted by Crippen LogP contribution is -2.54. The van der Waals surface area contributed by atoms with Gasteiger partial charge in [0.15, 0.2) is 0 Å². The fourth-order valence-corrected chi connectivity index (χ4v) is 5.68. The van der Waals surface area contributed by atoms with Crippen molar-refractivity contribution in [1.82, 2.24) is 20.4 Å². The SMILES string of the molecule is CC(C(=O)NC1CCN(Cc2ccccc2)CC1)N1CCC(NC(=O)C2CCCCC2)CC1. The van der Waals surface area contributed by atoms with E-state index in [0.29, 0.717) is 0 Å². The number of amides is 2. The van der Waals surface area contributed by atoms with Gasteiger partial charge in [0.25, 0.3) is 0 Å². The van der Waals surface area contributed by atoms with Crippen molar-refractivity contribution in [2.24, 2.45) is 5.92 Å². The summed E-state index contributed by atoms with van der Waals surface area (Å²) in [5.41, 5.74) is 1.35. The minimum Gasteiger partial charge on any atom is -0.353 e. The fourth-order valence-electron chi connectivity index (χ4n) is 5.68. The van der Waals surface area contributed by atoms with Gasteiger partial charge < -0.3 is 10.6 Å². The van der Waals surface area contributed by atoms with Crippen LogP contribution in [0.3, 0.4) is 0 Å². The number of piperidine rings is 2. The molecule has 0 spiro atoms. The molecular formula is C27H42N4O2. The predicted octanol–water partition coefficient (Wildman–Crippen LogP) is 3.32. The van der Waals surface area contributed by atoms with Gasteiger partial charge in [-0.3, -0.25) is 19.4 Å². The van der Waals surface area contributed by atoms with Crippen LogP contribution in [0.4, 0.5) is 0 Å². The lowest BCUT2D eigenvalue weighted by Gasteiger charge is -2.37. The van der Waals surface area contributed by atoms with Crippen LogP contribution in [0.5, 0.6) is 0 Å². The van der Waals surface area contributed by atoms with E-state index in [9.17, 15) is 9.59 Å². The molecule has 6 heteroatoms. The first-order valence-electron chi connectivity index (χ1n) is 13.2. The summed E-state index contributed by atoms with van der Waals surface area (Å²) in [5, 5.41) is 6.60. The van der Waals surface area contributed by atoms with Gasteiger partial charge >= 0.3 is 0 Å². The van der Waals surface area contributed by atoms with E-state index in [0.717, 1.165) is 71.2 Å². The third-order valence-corrected chi connectivity index (χ3v) is 7.96. The molecule has 1 aromatic carbocycles. The van der Waals surface area contributed by atoms with E-state index in [2.05, 4.69) is 50.8 Å². The maximum atomic E-state index is 12.9. The van der Waals surface area contributed by atoms with E-state index in [1.54, 1.807) is 0 Å². The van der Waals surface area contributed by atoms with Gasteiger partial charge in [-0.15, -0.1) is 0 Å². The lowest BCUT2D eigenvalue weighted by atomic mass is 9.88. The first-order chi connectivity index (χ1) is 16.1. The fraction of sp³-hybridized carbons (Fsp3) is 0.704. The molecule has 6 nitrogen and oxygen atoms in total. The van der Waals surface area contributed by atoms with Gasteiger partial charge in [-0.05, 0) is 51.0 Å². The van der Waals surface area contributed by atoms with Crippen LogP contribution in [0.2, 0.25) is 0 Å². The summed E-state index contributed by atoms with van der Waals surface area (Å²) in [6.07, 6.45) is 9.66. The average Bonchev–Trinajstić information content (AvgIpc) is 2.86. The summed E-state index contributed by atoms with van der Waals surface area (Å²) in [7, 11) is 0. The second-order valence-electron chi connectivity index (χ2n) is 10.4. The first kappa shape index (κ1) is 24.2. The van der Waals surface area contributed by atoms with E-state index >= 15 is 0 Å². The minimum absolute atomic E-state index is 0.109. The summed E-state index contributed by atoms with van der Waals surface area (Å²) in [6.45, 7) is 6.82. The van der Waals surface area contributed by atoms with E-state index < -0.39 is 0 Å². The van der Waals surface area contributed by atoms with Crippen LogP contribution in [0.25, 0.3) is 0 Å². The Morgan fingerprint density at radius 2 is 1.45 bits per heavy atom. The average molecular weight is 455 g/mol. The van der Waals surface area contributed by atoms with Crippen LogP contribution in [0, 0.1) is 5.92 Å². The number of nitrogens with zero attached hydrogens (tertiary/aromatic N) is 2. The summed E-state index contributed by atoms with van der Waals surface area (Å²) < 4.78 is 0. The summed E-state index contributed by atoms with van der Waals surface area (Å²) in [6, 6.07) is 11.0. The summed E-state index contributed by atoms with van der Waals surface area (Å²) in [5.74, 6) is 0.638. The summed E-state index contributed by atoms with van der Waals surface area (Å²) >= 11 is 0. The highest BCUT2D eigenvalue weighted by Crippen LogP contribution is 2.24. The van der Waals surface area contributed by atoms with E-state index in [1.165, 1.54) is 24.8 Å². The highest BCUT2D eigenvalue weighted by Gasteiger charge is 2.30. The van der Waals surface area contributed by atoms with Crippen LogP contribution in [-0.2, 0) is 16.1 Å². The molecule has 182 valence electrons. The second-order valence-corrected chi connectivity index (χ2v) is 10.4. The lowest BCUT2D eigenvalue weighted by molar-refractivity contribution is -0.129. The zero-order valence-corrected chi connectivity index (χ0v) is 20.3. The maximum Gasteiger partial charge on any atom is 0.237 e. The topological polar surface area (TPSA) is 64.7 Å². The number of benzene rings is 1. The van der Waals surface area contributed by atoms with Crippen LogP contribution in [0.1, 0.15) is 70.3 Å². The van der Waals surface area contributed by atoms with Gasteiger partial charge in [0.1, 0.15) is 0 Å². The predicted molar refractivity (Wildman–Crippen MR) is 132 cm³/mol. The van der Waals surface area contributed by atoms with Crippen molar-refractivity contribution in [3.05, 3.63) is 35.9 Å². The number of rotatable bonds is 7. The van der Waals surface area contributed by atoms with Crippen molar-refractivity contribution in [1.29, 1.82) is 0 Å². The molecule has 2 aliphatic heterocycles. The standard InChI is InChI=1S/C27H42N4O2/c1-21(31-18-14-25(15-19-31)29-27(33)23-10-6-3-7-11-23)26(32)28-24-12-16-30(17-13-24)20-22-8-4-2-5-9-22/h2,4-5,8-9,21,23-25H,3,6-7,10-20H2,1H3,(H,28,32)(H,29,33). The molecule has 33 heavy (non-hydrogen) atoms. The Bertz CT molecular complexity index is 749. The van der Waals surface area contributed by atoms with E-state index in [1.807, 2.05) is 6.92 Å². The van der Waals surface area contributed by atoms with E-state index in [-0.39, 0.29) is 35.9 Å². The molecule has 0 radical (unpaired) electrons. The molecule has 0 aromatic heterocycles. The molecule has 3 aliphatic rings. The van der Waals surface area contributed by atoms with Crippen molar-refractivity contribution >= 4 is 11.8 Å². The first-order valence-corrected chi connectivity index (χ1v) is 13.2. The molecule has 2 heterocycles. The Morgan fingerprint density at radius 3 is 2.12 bits per heavy atom. The van der Waals surface area contributed by atoms with Crippen LogP contribution in [-0.4, -0.2) is 65.9 Å². The molecule has 3 fully saturated rings. The van der Waals surface area contributed by atoms with Gasteiger partial charge in [-0.25, -0.2) is 0 Å². The Labute approximate surface area is 199 Å². The van der Waals surface area contributed by atoms with Crippen LogP contribution >= 0.6 is 0 Å². The normalized spacial score (nSPS) is 23.2. The number of carbonyl (C=O) groups is 2. The molecule has 0 bridgehead atoms. The molecular weight excluding hydrogens is 412 g/mol. The van der Waals surface area contributed by atoms with Crippen molar-refractivity contribution in [2.45, 2.75) is 89.4 Å². The maximum absolute atomic E-state index is 12.9. The van der Waals surface area contributed by atoms with Crippen molar-refractivity contribution in [3.63, 3.8) is 0 Å². The van der Waals surface area contributed by atoms with Gasteiger partial charge in [-0.2, -0.15) is 0 Å². The zero-order chi connectivity index (χ0) is 23.0. The third-order valence-electron chi connectivity index (χ3n) is 7.96. The molecule has 2 amide bonds. The van der Waals surface area contributed by atoms with Crippen molar-refractivity contribution in [3.8, 4) is 0 Å². The Balaban J connectivity index is 1.14. The molecule has 1 aromatic rings.